The Morgan fingerprint density at radius 2 is 1.88 bits per heavy atom. The molecule has 2 aromatic rings. The first-order valence-corrected chi connectivity index (χ1v) is 9.67. The molecule has 0 aromatic heterocycles. The predicted molar refractivity (Wildman–Crippen MR) is 106 cm³/mol. The van der Waals surface area contributed by atoms with E-state index in [2.05, 4.69) is 37.4 Å². The fraction of sp³-hybridized carbons (Fsp3) is 0.333. The summed E-state index contributed by atoms with van der Waals surface area (Å²) in [6.07, 6.45) is 0. The Bertz CT molecular complexity index is 789. The molecule has 2 rings (SSSR count). The third kappa shape index (κ3) is 5.63. The lowest BCUT2D eigenvalue weighted by atomic mass is 10.0. The Morgan fingerprint density at radius 3 is 2.58 bits per heavy atom. The van der Waals surface area contributed by atoms with Crippen LogP contribution < -0.4 is 5.32 Å². The molecule has 138 valence electrons. The number of hydrogen-bond donors (Lipinski definition) is 1. The summed E-state index contributed by atoms with van der Waals surface area (Å²) in [7, 11) is 1.37. The number of hydrogen-bond acceptors (Lipinski definition) is 4. The molecule has 0 unspecified atom stereocenters. The van der Waals surface area contributed by atoms with Crippen molar-refractivity contribution in [1.29, 1.82) is 0 Å². The van der Waals surface area contributed by atoms with E-state index < -0.39 is 0 Å². The van der Waals surface area contributed by atoms with Crippen LogP contribution in [-0.4, -0.2) is 24.7 Å². The van der Waals surface area contributed by atoms with E-state index in [-0.39, 0.29) is 17.9 Å². The highest BCUT2D eigenvalue weighted by atomic mass is 32.2. The number of methoxy groups -OCH3 is 1. The zero-order valence-electron chi connectivity index (χ0n) is 15.7. The molecule has 4 nitrogen and oxygen atoms in total. The highest BCUT2D eigenvalue weighted by molar-refractivity contribution is 7.99. The lowest BCUT2D eigenvalue weighted by Crippen LogP contribution is -2.28. The Balaban J connectivity index is 1.83. The second kappa shape index (κ2) is 9.43. The molecule has 0 aliphatic heterocycles. The van der Waals surface area contributed by atoms with E-state index in [1.54, 1.807) is 12.1 Å². The highest BCUT2D eigenvalue weighted by Crippen LogP contribution is 2.18. The fourth-order valence-corrected chi connectivity index (χ4v) is 3.35. The number of esters is 1. The lowest BCUT2D eigenvalue weighted by Gasteiger charge is -2.15. The van der Waals surface area contributed by atoms with Crippen molar-refractivity contribution in [3.05, 3.63) is 70.3 Å². The number of aryl methyl sites for hydroxylation is 2. The molecule has 1 amide bonds. The molecule has 1 N–H and O–H groups in total. The lowest BCUT2D eigenvalue weighted by molar-refractivity contribution is -0.119. The minimum Gasteiger partial charge on any atom is -0.465 e. The largest absolute Gasteiger partial charge is 0.465 e. The van der Waals surface area contributed by atoms with Gasteiger partial charge in [0.15, 0.2) is 0 Å². The summed E-state index contributed by atoms with van der Waals surface area (Å²) in [5.41, 5.74) is 5.10. The average molecular weight is 372 g/mol. The number of nitrogens with one attached hydrogen (secondary N) is 1. The van der Waals surface area contributed by atoms with Gasteiger partial charge in [0.1, 0.15) is 0 Å². The minimum absolute atomic E-state index is 0.00449. The van der Waals surface area contributed by atoms with E-state index in [9.17, 15) is 9.59 Å². The maximum absolute atomic E-state index is 12.2. The van der Waals surface area contributed by atoms with E-state index in [4.69, 9.17) is 4.74 Å². The molecular formula is C21H25NO3S. The van der Waals surface area contributed by atoms with Gasteiger partial charge in [-0.15, -0.1) is 11.8 Å². The molecule has 1 atom stereocenters. The standard InChI is InChI=1S/C21H25NO3S/c1-14-8-9-18(10-15(14)2)16(3)22-20(23)13-26-12-17-6-5-7-19(11-17)21(24)25-4/h5-11,16H,12-13H2,1-4H3,(H,22,23)/t16-/m1/s1. The van der Waals surface area contributed by atoms with E-state index in [0.29, 0.717) is 17.1 Å². The van der Waals surface area contributed by atoms with E-state index >= 15 is 0 Å². The van der Waals surface area contributed by atoms with Gasteiger partial charge in [0.25, 0.3) is 0 Å². The van der Waals surface area contributed by atoms with Crippen LogP contribution in [0.3, 0.4) is 0 Å². The minimum atomic E-state index is -0.350. The summed E-state index contributed by atoms with van der Waals surface area (Å²) in [5.74, 6) is 0.690. The summed E-state index contributed by atoms with van der Waals surface area (Å²) in [4.78, 5) is 23.7. The monoisotopic (exact) mass is 371 g/mol. The topological polar surface area (TPSA) is 55.4 Å². The Labute approximate surface area is 159 Å². The Kier molecular flexibility index (Phi) is 7.27. The normalized spacial score (nSPS) is 11.7. The van der Waals surface area contributed by atoms with E-state index in [0.717, 1.165) is 11.1 Å². The fourth-order valence-electron chi connectivity index (χ4n) is 2.57. The maximum Gasteiger partial charge on any atom is 0.337 e. The van der Waals surface area contributed by atoms with Crippen molar-refractivity contribution < 1.29 is 14.3 Å². The van der Waals surface area contributed by atoms with Crippen molar-refractivity contribution in [2.24, 2.45) is 0 Å². The number of carbonyl (C=O) groups excluding carboxylic acids is 2. The van der Waals surface area contributed by atoms with Crippen molar-refractivity contribution >= 4 is 23.6 Å². The van der Waals surface area contributed by atoms with Gasteiger partial charge in [0.05, 0.1) is 24.5 Å². The van der Waals surface area contributed by atoms with Crippen molar-refractivity contribution in [2.45, 2.75) is 32.6 Å². The van der Waals surface area contributed by atoms with Crippen LogP contribution in [0.1, 0.15) is 45.6 Å². The molecule has 0 heterocycles. The molecule has 0 radical (unpaired) electrons. The van der Waals surface area contributed by atoms with Crippen LogP contribution in [-0.2, 0) is 15.3 Å². The molecular weight excluding hydrogens is 346 g/mol. The first-order valence-electron chi connectivity index (χ1n) is 8.52. The molecule has 2 aromatic carbocycles. The average Bonchev–Trinajstić information content (AvgIpc) is 2.63. The van der Waals surface area contributed by atoms with Gasteiger partial charge in [0.2, 0.25) is 5.91 Å². The second-order valence-electron chi connectivity index (χ2n) is 6.32. The molecule has 26 heavy (non-hydrogen) atoms. The van der Waals surface area contributed by atoms with Crippen molar-refractivity contribution in [1.82, 2.24) is 5.32 Å². The number of amides is 1. The smallest absolute Gasteiger partial charge is 0.337 e. The molecule has 0 aliphatic rings. The van der Waals surface area contributed by atoms with Gasteiger partial charge in [-0.25, -0.2) is 4.79 Å². The van der Waals surface area contributed by atoms with E-state index in [1.807, 2.05) is 19.1 Å². The zero-order chi connectivity index (χ0) is 19.1. The van der Waals surface area contributed by atoms with E-state index in [1.165, 1.54) is 30.0 Å². The van der Waals surface area contributed by atoms with Crippen molar-refractivity contribution in [3.8, 4) is 0 Å². The van der Waals surface area contributed by atoms with Crippen LogP contribution in [0.2, 0.25) is 0 Å². The van der Waals surface area contributed by atoms with Crippen molar-refractivity contribution in [2.75, 3.05) is 12.9 Å². The quantitative estimate of drug-likeness (QED) is 0.741. The van der Waals surface area contributed by atoms with Gasteiger partial charge in [-0.3, -0.25) is 4.79 Å². The molecule has 5 heteroatoms. The summed E-state index contributed by atoms with van der Waals surface area (Å²) in [6, 6.07) is 13.5. The predicted octanol–water partition coefficient (Wildman–Crippen LogP) is 4.20. The van der Waals surface area contributed by atoms with Gasteiger partial charge < -0.3 is 10.1 Å². The molecule has 0 saturated carbocycles. The van der Waals surface area contributed by atoms with Gasteiger partial charge in [-0.1, -0.05) is 30.3 Å². The van der Waals surface area contributed by atoms with Crippen LogP contribution >= 0.6 is 11.8 Å². The van der Waals surface area contributed by atoms with Gasteiger partial charge >= 0.3 is 5.97 Å². The molecule has 0 bridgehead atoms. The second-order valence-corrected chi connectivity index (χ2v) is 7.30. The summed E-state index contributed by atoms with van der Waals surface area (Å²) in [6.45, 7) is 6.15. The van der Waals surface area contributed by atoms with Crippen LogP contribution in [0.15, 0.2) is 42.5 Å². The zero-order valence-corrected chi connectivity index (χ0v) is 16.5. The third-order valence-electron chi connectivity index (χ3n) is 4.26. The number of ether oxygens (including phenoxy) is 1. The van der Waals surface area contributed by atoms with Gasteiger partial charge in [0, 0.05) is 5.75 Å². The summed E-state index contributed by atoms with van der Waals surface area (Å²) < 4.78 is 4.73. The molecule has 0 spiro atoms. The van der Waals surface area contributed by atoms with Gasteiger partial charge in [-0.2, -0.15) is 0 Å². The molecule has 0 fully saturated rings. The summed E-state index contributed by atoms with van der Waals surface area (Å²) in [5, 5.41) is 3.03. The SMILES string of the molecule is COC(=O)c1cccc(CSCC(=O)N[C@H](C)c2ccc(C)c(C)c2)c1. The van der Waals surface area contributed by atoms with Gasteiger partial charge in [-0.05, 0) is 55.2 Å². The Morgan fingerprint density at radius 1 is 1.12 bits per heavy atom. The first-order chi connectivity index (χ1) is 12.4. The third-order valence-corrected chi connectivity index (χ3v) is 5.26. The first kappa shape index (κ1) is 20.0. The van der Waals surface area contributed by atoms with Crippen LogP contribution in [0.4, 0.5) is 0 Å². The maximum atomic E-state index is 12.2. The molecule has 0 aliphatic carbocycles. The molecule has 0 saturated heterocycles. The van der Waals surface area contributed by atoms with Crippen LogP contribution in [0.5, 0.6) is 0 Å². The van der Waals surface area contributed by atoms with Crippen LogP contribution in [0, 0.1) is 13.8 Å². The Hall–Kier alpha value is -2.27. The number of benzene rings is 2. The van der Waals surface area contributed by atoms with Crippen LogP contribution in [0.25, 0.3) is 0 Å². The van der Waals surface area contributed by atoms with Crippen molar-refractivity contribution in [3.63, 3.8) is 0 Å². The number of carbonyl (C=O) groups is 2. The number of thioether (sulfide) groups is 1. The summed E-state index contributed by atoms with van der Waals surface area (Å²) >= 11 is 1.52. The highest BCUT2D eigenvalue weighted by Gasteiger charge is 2.11. The number of rotatable bonds is 7.